The van der Waals surface area contributed by atoms with Crippen LogP contribution in [0.15, 0.2) is 84.9 Å². The fourth-order valence-electron chi connectivity index (χ4n) is 3.03. The highest BCUT2D eigenvalue weighted by Gasteiger charge is 2.11. The molecule has 1 heterocycles. The molecule has 0 aliphatic heterocycles. The van der Waals surface area contributed by atoms with Gasteiger partial charge in [-0.3, -0.25) is 0 Å². The summed E-state index contributed by atoms with van der Waals surface area (Å²) in [5.74, 6) is 0.279. The molecule has 27 heavy (non-hydrogen) atoms. The Morgan fingerprint density at radius 3 is 2.48 bits per heavy atom. The van der Waals surface area contributed by atoms with E-state index < -0.39 is 0 Å². The number of rotatable bonds is 4. The van der Waals surface area contributed by atoms with Gasteiger partial charge >= 0.3 is 5.97 Å². The van der Waals surface area contributed by atoms with Gasteiger partial charge in [0.15, 0.2) is 0 Å². The molecule has 0 radical (unpaired) electrons. The van der Waals surface area contributed by atoms with E-state index >= 15 is 0 Å². The first kappa shape index (κ1) is 16.8. The van der Waals surface area contributed by atoms with Crippen LogP contribution in [0, 0.1) is 0 Å². The number of anilines is 2. The maximum atomic E-state index is 12.0. The molecule has 4 heteroatoms. The molecule has 0 atom stereocenters. The summed E-state index contributed by atoms with van der Waals surface area (Å²) in [5.41, 5.74) is 3.03. The van der Waals surface area contributed by atoms with Gasteiger partial charge in [0, 0.05) is 5.56 Å². The van der Waals surface area contributed by atoms with E-state index in [0.717, 1.165) is 11.3 Å². The normalized spacial score (nSPS) is 10.6. The van der Waals surface area contributed by atoms with Crippen molar-refractivity contribution >= 4 is 28.2 Å². The third kappa shape index (κ3) is 3.51. The third-order valence-electron chi connectivity index (χ3n) is 4.39. The number of hydrogen-bond donors (Lipinski definition) is 1. The van der Waals surface area contributed by atoms with Gasteiger partial charge in [0.2, 0.25) is 0 Å². The van der Waals surface area contributed by atoms with E-state index in [1.807, 2.05) is 42.5 Å². The van der Waals surface area contributed by atoms with Crippen molar-refractivity contribution in [1.82, 2.24) is 4.98 Å². The van der Waals surface area contributed by atoms with Crippen molar-refractivity contribution in [2.24, 2.45) is 0 Å². The summed E-state index contributed by atoms with van der Waals surface area (Å²) in [6.07, 6.45) is 0. The fraction of sp³-hybridized carbons (Fsp3) is 0.0435. The summed E-state index contributed by atoms with van der Waals surface area (Å²) >= 11 is 0. The van der Waals surface area contributed by atoms with Crippen LogP contribution < -0.4 is 5.32 Å². The highest BCUT2D eigenvalue weighted by Crippen LogP contribution is 2.26. The lowest BCUT2D eigenvalue weighted by Gasteiger charge is -2.11. The van der Waals surface area contributed by atoms with Crippen molar-refractivity contribution in [3.8, 4) is 11.3 Å². The van der Waals surface area contributed by atoms with Crippen LogP contribution in [-0.2, 0) is 4.74 Å². The van der Waals surface area contributed by atoms with Crippen molar-refractivity contribution in [2.45, 2.75) is 0 Å². The van der Waals surface area contributed by atoms with Crippen LogP contribution in [-0.4, -0.2) is 18.1 Å². The van der Waals surface area contributed by atoms with Crippen LogP contribution >= 0.6 is 0 Å². The van der Waals surface area contributed by atoms with Crippen LogP contribution in [0.5, 0.6) is 0 Å². The lowest BCUT2D eigenvalue weighted by atomic mass is 10.0. The van der Waals surface area contributed by atoms with Crippen LogP contribution in [0.1, 0.15) is 10.4 Å². The number of methoxy groups -OCH3 is 1. The smallest absolute Gasteiger partial charge is 0.339 e. The zero-order valence-electron chi connectivity index (χ0n) is 14.8. The SMILES string of the molecule is COC(=O)c1ccccc1Nc1cccc(-c2ccc3ccccc3c2)n1. The molecular formula is C23H18N2O2. The number of esters is 1. The van der Waals surface area contributed by atoms with E-state index in [-0.39, 0.29) is 5.97 Å². The molecule has 0 aliphatic carbocycles. The standard InChI is InChI=1S/C23H18N2O2/c1-27-23(26)19-9-4-5-10-21(19)25-22-12-6-11-20(24-22)18-14-13-16-7-2-3-8-17(16)15-18/h2-15H,1H3,(H,24,25). The van der Waals surface area contributed by atoms with Gasteiger partial charge in [-0.2, -0.15) is 0 Å². The molecule has 1 N–H and O–H groups in total. The van der Waals surface area contributed by atoms with E-state index in [1.165, 1.54) is 17.9 Å². The van der Waals surface area contributed by atoms with Gasteiger partial charge in [0.05, 0.1) is 24.1 Å². The Labute approximate surface area is 157 Å². The summed E-state index contributed by atoms with van der Waals surface area (Å²) in [4.78, 5) is 16.7. The molecule has 0 aliphatic rings. The quantitative estimate of drug-likeness (QED) is 0.496. The monoisotopic (exact) mass is 354 g/mol. The minimum absolute atomic E-state index is 0.385. The molecule has 0 fully saturated rings. The third-order valence-corrected chi connectivity index (χ3v) is 4.39. The Morgan fingerprint density at radius 2 is 1.63 bits per heavy atom. The van der Waals surface area contributed by atoms with Crippen molar-refractivity contribution in [3.05, 3.63) is 90.5 Å². The molecule has 1 aromatic heterocycles. The Morgan fingerprint density at radius 1 is 0.852 bits per heavy atom. The van der Waals surface area contributed by atoms with Gasteiger partial charge in [-0.25, -0.2) is 9.78 Å². The topological polar surface area (TPSA) is 51.2 Å². The Kier molecular flexibility index (Phi) is 4.54. The number of ether oxygens (including phenoxy) is 1. The lowest BCUT2D eigenvalue weighted by Crippen LogP contribution is -2.06. The van der Waals surface area contributed by atoms with Crippen molar-refractivity contribution in [1.29, 1.82) is 0 Å². The van der Waals surface area contributed by atoms with Crippen LogP contribution in [0.4, 0.5) is 11.5 Å². The number of aromatic nitrogens is 1. The number of carbonyl (C=O) groups excluding carboxylic acids is 1. The molecule has 4 nitrogen and oxygen atoms in total. The summed E-state index contributed by atoms with van der Waals surface area (Å²) < 4.78 is 4.85. The van der Waals surface area contributed by atoms with Crippen LogP contribution in [0.3, 0.4) is 0 Å². The van der Waals surface area contributed by atoms with Crippen LogP contribution in [0.25, 0.3) is 22.0 Å². The predicted octanol–water partition coefficient (Wildman–Crippen LogP) is 5.43. The van der Waals surface area contributed by atoms with Gasteiger partial charge in [-0.1, -0.05) is 54.6 Å². The number of para-hydroxylation sites is 1. The summed E-state index contributed by atoms with van der Waals surface area (Å²) in [6, 6.07) is 27.5. The molecule has 4 rings (SSSR count). The zero-order valence-corrected chi connectivity index (χ0v) is 14.8. The Balaban J connectivity index is 1.68. The molecule has 0 bridgehead atoms. The average Bonchev–Trinajstić information content (AvgIpc) is 2.73. The van der Waals surface area contributed by atoms with E-state index in [4.69, 9.17) is 9.72 Å². The second-order valence-corrected chi connectivity index (χ2v) is 6.13. The molecule has 132 valence electrons. The highest BCUT2D eigenvalue weighted by molar-refractivity contribution is 5.96. The van der Waals surface area contributed by atoms with Gasteiger partial charge in [-0.05, 0) is 41.1 Å². The summed E-state index contributed by atoms with van der Waals surface area (Å²) in [6.45, 7) is 0. The molecule has 0 amide bonds. The lowest BCUT2D eigenvalue weighted by molar-refractivity contribution is 0.0602. The Bertz CT molecular complexity index is 1120. The second kappa shape index (κ2) is 7.30. The summed E-state index contributed by atoms with van der Waals surface area (Å²) in [7, 11) is 1.37. The zero-order chi connectivity index (χ0) is 18.6. The molecule has 3 aromatic carbocycles. The average molecular weight is 354 g/mol. The molecule has 0 spiro atoms. The summed E-state index contributed by atoms with van der Waals surface area (Å²) in [5, 5.41) is 5.59. The van der Waals surface area contributed by atoms with Crippen molar-refractivity contribution in [3.63, 3.8) is 0 Å². The number of fused-ring (bicyclic) bond motifs is 1. The fourth-order valence-corrected chi connectivity index (χ4v) is 3.03. The van der Waals surface area contributed by atoms with E-state index in [1.54, 1.807) is 12.1 Å². The minimum Gasteiger partial charge on any atom is -0.465 e. The van der Waals surface area contributed by atoms with Gasteiger partial charge in [-0.15, -0.1) is 0 Å². The number of pyridine rings is 1. The highest BCUT2D eigenvalue weighted by atomic mass is 16.5. The number of benzene rings is 3. The van der Waals surface area contributed by atoms with E-state index in [2.05, 4.69) is 35.6 Å². The maximum Gasteiger partial charge on any atom is 0.339 e. The van der Waals surface area contributed by atoms with Crippen molar-refractivity contribution < 1.29 is 9.53 Å². The largest absolute Gasteiger partial charge is 0.465 e. The van der Waals surface area contributed by atoms with Gasteiger partial charge in [0.25, 0.3) is 0 Å². The second-order valence-electron chi connectivity index (χ2n) is 6.13. The first-order valence-corrected chi connectivity index (χ1v) is 8.65. The molecular weight excluding hydrogens is 336 g/mol. The van der Waals surface area contributed by atoms with Crippen molar-refractivity contribution in [2.75, 3.05) is 12.4 Å². The van der Waals surface area contributed by atoms with E-state index in [9.17, 15) is 4.79 Å². The molecule has 0 unspecified atom stereocenters. The number of nitrogens with one attached hydrogen (secondary N) is 1. The predicted molar refractivity (Wildman–Crippen MR) is 108 cm³/mol. The minimum atomic E-state index is -0.385. The maximum absolute atomic E-state index is 12.0. The first-order valence-electron chi connectivity index (χ1n) is 8.65. The number of hydrogen-bond acceptors (Lipinski definition) is 4. The van der Waals surface area contributed by atoms with Gasteiger partial charge in [0.1, 0.15) is 5.82 Å². The molecule has 4 aromatic rings. The Hall–Kier alpha value is -3.66. The first-order chi connectivity index (χ1) is 13.2. The number of nitrogens with zero attached hydrogens (tertiary/aromatic N) is 1. The van der Waals surface area contributed by atoms with Gasteiger partial charge < -0.3 is 10.1 Å². The molecule has 0 saturated heterocycles. The van der Waals surface area contributed by atoms with E-state index in [0.29, 0.717) is 17.1 Å². The number of carbonyl (C=O) groups is 1. The van der Waals surface area contributed by atoms with Crippen LogP contribution in [0.2, 0.25) is 0 Å². The molecule has 0 saturated carbocycles.